The van der Waals surface area contributed by atoms with E-state index in [-0.39, 0.29) is 25.7 Å². The minimum Gasteiger partial charge on any atom is -0.493 e. The van der Waals surface area contributed by atoms with E-state index in [2.05, 4.69) is 5.32 Å². The van der Waals surface area contributed by atoms with E-state index in [9.17, 15) is 9.59 Å². The van der Waals surface area contributed by atoms with Gasteiger partial charge in [0.2, 0.25) is 0 Å². The summed E-state index contributed by atoms with van der Waals surface area (Å²) in [6.07, 6.45) is 0. The van der Waals surface area contributed by atoms with Crippen molar-refractivity contribution in [2.24, 2.45) is 0 Å². The number of esters is 1. The second-order valence-electron chi connectivity index (χ2n) is 5.45. The number of aryl methyl sites for hydroxylation is 1. The standard InChI is InChI=1S/C20H23NO5/c1-3-24-18-11-7-5-9-16(18)20(23)21-14-19(22)26-13-12-25-17-10-6-4-8-15(17)2/h4-11H,3,12-14H2,1-2H3,(H,21,23). The summed E-state index contributed by atoms with van der Waals surface area (Å²) in [6.45, 7) is 4.37. The van der Waals surface area contributed by atoms with Crippen LogP contribution in [0.3, 0.4) is 0 Å². The zero-order valence-corrected chi connectivity index (χ0v) is 15.0. The van der Waals surface area contributed by atoms with Crippen LogP contribution in [0.5, 0.6) is 11.5 Å². The van der Waals surface area contributed by atoms with E-state index in [1.165, 1.54) is 0 Å². The van der Waals surface area contributed by atoms with Crippen LogP contribution in [0.25, 0.3) is 0 Å². The van der Waals surface area contributed by atoms with Crippen molar-refractivity contribution in [1.82, 2.24) is 5.32 Å². The van der Waals surface area contributed by atoms with Crippen LogP contribution in [0.1, 0.15) is 22.8 Å². The summed E-state index contributed by atoms with van der Waals surface area (Å²) in [7, 11) is 0. The lowest BCUT2D eigenvalue weighted by atomic mass is 10.2. The average molecular weight is 357 g/mol. The second kappa shape index (κ2) is 10.1. The van der Waals surface area contributed by atoms with Crippen molar-refractivity contribution in [1.29, 1.82) is 0 Å². The molecule has 6 nitrogen and oxygen atoms in total. The van der Waals surface area contributed by atoms with Gasteiger partial charge < -0.3 is 19.5 Å². The first-order valence-corrected chi connectivity index (χ1v) is 8.46. The molecule has 26 heavy (non-hydrogen) atoms. The van der Waals surface area contributed by atoms with Crippen molar-refractivity contribution in [3.05, 3.63) is 59.7 Å². The highest BCUT2D eigenvalue weighted by Gasteiger charge is 2.13. The number of ether oxygens (including phenoxy) is 3. The van der Waals surface area contributed by atoms with Gasteiger partial charge in [-0.2, -0.15) is 0 Å². The molecule has 0 heterocycles. The molecule has 6 heteroatoms. The van der Waals surface area contributed by atoms with Gasteiger partial charge in [-0.25, -0.2) is 0 Å². The molecule has 2 rings (SSSR count). The number of carbonyl (C=O) groups excluding carboxylic acids is 2. The molecule has 0 aliphatic rings. The quantitative estimate of drug-likeness (QED) is 0.552. The third-order valence-electron chi connectivity index (χ3n) is 3.52. The van der Waals surface area contributed by atoms with Crippen LogP contribution in [0, 0.1) is 6.92 Å². The van der Waals surface area contributed by atoms with Crippen molar-refractivity contribution < 1.29 is 23.8 Å². The molecule has 0 saturated heterocycles. The average Bonchev–Trinajstić information content (AvgIpc) is 2.65. The molecule has 0 spiro atoms. The first-order chi connectivity index (χ1) is 12.6. The minimum atomic E-state index is -0.527. The zero-order valence-electron chi connectivity index (χ0n) is 15.0. The Balaban J connectivity index is 1.72. The molecule has 0 aliphatic heterocycles. The summed E-state index contributed by atoms with van der Waals surface area (Å²) in [6, 6.07) is 14.5. The van der Waals surface area contributed by atoms with Crippen LogP contribution in [0.2, 0.25) is 0 Å². The molecule has 1 amide bonds. The van der Waals surface area contributed by atoms with Gasteiger partial charge in [0.05, 0.1) is 12.2 Å². The molecule has 2 aromatic carbocycles. The van der Waals surface area contributed by atoms with E-state index in [1.807, 2.05) is 38.1 Å². The van der Waals surface area contributed by atoms with Gasteiger partial charge in [0.1, 0.15) is 31.3 Å². The topological polar surface area (TPSA) is 73.9 Å². The molecule has 2 aromatic rings. The zero-order chi connectivity index (χ0) is 18.8. The fourth-order valence-corrected chi connectivity index (χ4v) is 2.26. The summed E-state index contributed by atoms with van der Waals surface area (Å²) in [5, 5.41) is 2.53. The number of carbonyl (C=O) groups is 2. The number of nitrogens with one attached hydrogen (secondary N) is 1. The molecule has 0 aromatic heterocycles. The molecule has 0 aliphatic carbocycles. The Morgan fingerprint density at radius 1 is 0.923 bits per heavy atom. The van der Waals surface area contributed by atoms with Gasteiger partial charge >= 0.3 is 5.97 Å². The maximum atomic E-state index is 12.2. The Hall–Kier alpha value is -3.02. The Kier molecular flexibility index (Phi) is 7.49. The summed E-state index contributed by atoms with van der Waals surface area (Å²) < 4.78 is 16.0. The summed E-state index contributed by atoms with van der Waals surface area (Å²) >= 11 is 0. The lowest BCUT2D eigenvalue weighted by Crippen LogP contribution is -2.31. The van der Waals surface area contributed by atoms with Gasteiger partial charge in [0.15, 0.2) is 0 Å². The van der Waals surface area contributed by atoms with Gasteiger partial charge in [0, 0.05) is 0 Å². The van der Waals surface area contributed by atoms with E-state index in [0.717, 1.165) is 11.3 Å². The number of hydrogen-bond donors (Lipinski definition) is 1. The molecular weight excluding hydrogens is 334 g/mol. The molecule has 138 valence electrons. The third-order valence-corrected chi connectivity index (χ3v) is 3.52. The Labute approximate surface area is 153 Å². The van der Waals surface area contributed by atoms with Crippen LogP contribution in [-0.4, -0.2) is 38.2 Å². The van der Waals surface area contributed by atoms with Crippen LogP contribution in [-0.2, 0) is 9.53 Å². The third kappa shape index (κ3) is 5.81. The van der Waals surface area contributed by atoms with E-state index >= 15 is 0 Å². The highest BCUT2D eigenvalue weighted by atomic mass is 16.6. The normalized spacial score (nSPS) is 10.1. The number of rotatable bonds is 9. The molecule has 0 radical (unpaired) electrons. The van der Waals surface area contributed by atoms with Gasteiger partial charge in [-0.1, -0.05) is 30.3 Å². The van der Waals surface area contributed by atoms with E-state index < -0.39 is 5.97 Å². The number of hydrogen-bond acceptors (Lipinski definition) is 5. The van der Waals surface area contributed by atoms with Crippen molar-refractivity contribution in [2.75, 3.05) is 26.4 Å². The maximum Gasteiger partial charge on any atom is 0.325 e. The molecule has 0 fully saturated rings. The Bertz CT molecular complexity index is 744. The fraction of sp³-hybridized carbons (Fsp3) is 0.300. The van der Waals surface area contributed by atoms with Crippen LogP contribution in [0.4, 0.5) is 0 Å². The smallest absolute Gasteiger partial charge is 0.325 e. The Morgan fingerprint density at radius 3 is 2.35 bits per heavy atom. The highest BCUT2D eigenvalue weighted by molar-refractivity contribution is 5.98. The first-order valence-electron chi connectivity index (χ1n) is 8.46. The number of benzene rings is 2. The van der Waals surface area contributed by atoms with Crippen molar-refractivity contribution in [3.63, 3.8) is 0 Å². The maximum absolute atomic E-state index is 12.2. The molecule has 0 atom stereocenters. The van der Waals surface area contributed by atoms with Gasteiger partial charge in [-0.15, -0.1) is 0 Å². The number of para-hydroxylation sites is 2. The van der Waals surface area contributed by atoms with Gasteiger partial charge in [-0.05, 0) is 37.6 Å². The van der Waals surface area contributed by atoms with Crippen LogP contribution >= 0.6 is 0 Å². The van der Waals surface area contributed by atoms with E-state index in [1.54, 1.807) is 24.3 Å². The lowest BCUT2D eigenvalue weighted by Gasteiger charge is -2.11. The molecule has 0 saturated carbocycles. The lowest BCUT2D eigenvalue weighted by molar-refractivity contribution is -0.143. The Morgan fingerprint density at radius 2 is 1.62 bits per heavy atom. The number of amides is 1. The molecule has 0 bridgehead atoms. The largest absolute Gasteiger partial charge is 0.493 e. The molecule has 1 N–H and O–H groups in total. The summed E-state index contributed by atoms with van der Waals surface area (Å²) in [4.78, 5) is 23.9. The van der Waals surface area contributed by atoms with Gasteiger partial charge in [0.25, 0.3) is 5.91 Å². The van der Waals surface area contributed by atoms with Crippen molar-refractivity contribution >= 4 is 11.9 Å². The van der Waals surface area contributed by atoms with E-state index in [4.69, 9.17) is 14.2 Å². The van der Waals surface area contributed by atoms with Crippen LogP contribution < -0.4 is 14.8 Å². The minimum absolute atomic E-state index is 0.110. The van der Waals surface area contributed by atoms with Crippen molar-refractivity contribution in [2.45, 2.75) is 13.8 Å². The summed E-state index contributed by atoms with van der Waals surface area (Å²) in [5.41, 5.74) is 1.39. The first kappa shape index (κ1) is 19.3. The van der Waals surface area contributed by atoms with E-state index in [0.29, 0.717) is 17.9 Å². The van der Waals surface area contributed by atoms with Gasteiger partial charge in [-0.3, -0.25) is 9.59 Å². The predicted octanol–water partition coefficient (Wildman–Crippen LogP) is 2.75. The predicted molar refractivity (Wildman–Crippen MR) is 97.6 cm³/mol. The monoisotopic (exact) mass is 357 g/mol. The van der Waals surface area contributed by atoms with Crippen molar-refractivity contribution in [3.8, 4) is 11.5 Å². The summed E-state index contributed by atoms with van der Waals surface area (Å²) in [5.74, 6) is 0.319. The highest BCUT2D eigenvalue weighted by Crippen LogP contribution is 2.17. The SMILES string of the molecule is CCOc1ccccc1C(=O)NCC(=O)OCCOc1ccccc1C. The second-order valence-corrected chi connectivity index (χ2v) is 5.45. The van der Waals surface area contributed by atoms with Crippen LogP contribution in [0.15, 0.2) is 48.5 Å². The fourth-order valence-electron chi connectivity index (χ4n) is 2.26. The molecular formula is C20H23NO5. The molecule has 0 unspecified atom stereocenters.